The Balaban J connectivity index is 1.53. The lowest BCUT2D eigenvalue weighted by molar-refractivity contribution is -0.136. The second-order valence-corrected chi connectivity index (χ2v) is 10.8. The molecule has 158 valence electrons. The van der Waals surface area contributed by atoms with Gasteiger partial charge in [-0.15, -0.1) is 22.3 Å². The molecule has 0 spiro atoms. The minimum absolute atomic E-state index is 0.0406. The average molecular weight is 464 g/mol. The van der Waals surface area contributed by atoms with Crippen LogP contribution in [0.1, 0.15) is 23.3 Å². The van der Waals surface area contributed by atoms with Crippen molar-refractivity contribution >= 4 is 44.7 Å². The van der Waals surface area contributed by atoms with Crippen molar-refractivity contribution < 1.29 is 13.2 Å². The lowest BCUT2D eigenvalue weighted by Crippen LogP contribution is -2.46. The van der Waals surface area contributed by atoms with Crippen LogP contribution in [0.4, 0.5) is 0 Å². The Morgan fingerprint density at radius 3 is 2.87 bits per heavy atom. The van der Waals surface area contributed by atoms with E-state index in [9.17, 15) is 13.2 Å². The molecule has 30 heavy (non-hydrogen) atoms. The van der Waals surface area contributed by atoms with E-state index in [4.69, 9.17) is 11.6 Å². The summed E-state index contributed by atoms with van der Waals surface area (Å²) in [6.45, 7) is 5.83. The monoisotopic (exact) mass is 463 g/mol. The Bertz CT molecular complexity index is 1110. The van der Waals surface area contributed by atoms with Crippen molar-refractivity contribution in [1.82, 2.24) is 9.80 Å². The van der Waals surface area contributed by atoms with Crippen LogP contribution >= 0.6 is 22.9 Å². The lowest BCUT2D eigenvalue weighted by atomic mass is 9.95. The molecule has 1 atom stereocenters. The second-order valence-electron chi connectivity index (χ2n) is 7.38. The second kappa shape index (κ2) is 8.53. The fourth-order valence-electron chi connectivity index (χ4n) is 3.96. The molecule has 0 bridgehead atoms. The molecule has 0 saturated carbocycles. The number of benzene rings is 1. The first-order valence-electron chi connectivity index (χ1n) is 9.72. The van der Waals surface area contributed by atoms with Gasteiger partial charge in [0.15, 0.2) is 5.84 Å². The first kappa shape index (κ1) is 21.1. The normalized spacial score (nSPS) is 19.8. The smallest absolute Gasteiger partial charge is 0.285 e. The van der Waals surface area contributed by atoms with Crippen LogP contribution in [-0.4, -0.2) is 49.6 Å². The summed E-state index contributed by atoms with van der Waals surface area (Å²) in [7, 11) is -3.68. The zero-order chi connectivity index (χ0) is 21.3. The third-order valence-corrected chi connectivity index (χ3v) is 7.86. The number of sulfonamides is 1. The van der Waals surface area contributed by atoms with Crippen LogP contribution in [-0.2, 0) is 21.4 Å². The average Bonchev–Trinajstić information content (AvgIpc) is 3.27. The topological polar surface area (TPSA) is 70.1 Å². The summed E-state index contributed by atoms with van der Waals surface area (Å²) < 4.78 is 29.5. The SMILES string of the molecule is C=CCN(Cc1ccc(Cl)s1)C(=O)C1CCCN(C2=NS(=O)(=O)c3ccccc32)C1. The Morgan fingerprint density at radius 1 is 1.33 bits per heavy atom. The maximum absolute atomic E-state index is 13.3. The highest BCUT2D eigenvalue weighted by molar-refractivity contribution is 7.90. The van der Waals surface area contributed by atoms with E-state index in [-0.39, 0.29) is 16.7 Å². The Hall–Kier alpha value is -2.16. The van der Waals surface area contributed by atoms with Crippen LogP contribution in [0.2, 0.25) is 4.34 Å². The third kappa shape index (κ3) is 4.17. The molecular weight excluding hydrogens is 442 g/mol. The molecule has 2 aromatic rings. The molecule has 3 heterocycles. The molecule has 0 radical (unpaired) electrons. The maximum atomic E-state index is 13.3. The van der Waals surface area contributed by atoms with Crippen LogP contribution < -0.4 is 0 Å². The zero-order valence-electron chi connectivity index (χ0n) is 16.3. The summed E-state index contributed by atoms with van der Waals surface area (Å²) in [6.07, 6.45) is 3.28. The molecular formula is C21H22ClN3O3S2. The summed E-state index contributed by atoms with van der Waals surface area (Å²) >= 11 is 7.49. The molecule has 1 unspecified atom stereocenters. The number of amides is 1. The van der Waals surface area contributed by atoms with Gasteiger partial charge in [0, 0.05) is 30.1 Å². The molecule has 9 heteroatoms. The van der Waals surface area contributed by atoms with Gasteiger partial charge in [-0.3, -0.25) is 4.79 Å². The minimum Gasteiger partial charge on any atom is -0.355 e. The molecule has 0 N–H and O–H groups in total. The highest BCUT2D eigenvalue weighted by Crippen LogP contribution is 2.30. The number of fused-ring (bicyclic) bond motifs is 1. The fourth-order valence-corrected chi connectivity index (χ4v) is 6.29. The summed E-state index contributed by atoms with van der Waals surface area (Å²) in [5.41, 5.74) is 0.613. The number of hydrogen-bond acceptors (Lipinski definition) is 5. The van der Waals surface area contributed by atoms with Gasteiger partial charge in [0.05, 0.1) is 16.8 Å². The molecule has 1 aromatic heterocycles. The number of nitrogens with zero attached hydrogens (tertiary/aromatic N) is 3. The first-order chi connectivity index (χ1) is 14.4. The van der Waals surface area contributed by atoms with Crippen molar-refractivity contribution in [2.24, 2.45) is 10.3 Å². The third-order valence-electron chi connectivity index (χ3n) is 5.32. The number of amidine groups is 1. The molecule has 2 aliphatic heterocycles. The molecule has 1 amide bonds. The van der Waals surface area contributed by atoms with Crippen LogP contribution in [0.25, 0.3) is 0 Å². The van der Waals surface area contributed by atoms with E-state index >= 15 is 0 Å². The van der Waals surface area contributed by atoms with Crippen molar-refractivity contribution in [3.63, 3.8) is 0 Å². The van der Waals surface area contributed by atoms with Crippen molar-refractivity contribution in [3.8, 4) is 0 Å². The Kier molecular flexibility index (Phi) is 5.99. The Morgan fingerprint density at radius 2 is 2.13 bits per heavy atom. The lowest BCUT2D eigenvalue weighted by Gasteiger charge is -2.35. The summed E-state index contributed by atoms with van der Waals surface area (Å²) in [5, 5.41) is 0. The Labute approximate surface area is 185 Å². The summed E-state index contributed by atoms with van der Waals surface area (Å²) in [4.78, 5) is 18.3. The predicted octanol–water partition coefficient (Wildman–Crippen LogP) is 3.78. The molecule has 6 nitrogen and oxygen atoms in total. The number of rotatable bonds is 5. The summed E-state index contributed by atoms with van der Waals surface area (Å²) in [6, 6.07) is 10.6. The van der Waals surface area contributed by atoms with Gasteiger partial charge in [0.25, 0.3) is 10.0 Å². The van der Waals surface area contributed by atoms with E-state index in [1.807, 2.05) is 17.0 Å². The van der Waals surface area contributed by atoms with Gasteiger partial charge in [-0.25, -0.2) is 0 Å². The number of halogens is 1. The molecule has 1 fully saturated rings. The highest BCUT2D eigenvalue weighted by atomic mass is 35.5. The van der Waals surface area contributed by atoms with Crippen LogP contribution in [0.15, 0.2) is 58.3 Å². The molecule has 1 saturated heterocycles. The van der Waals surface area contributed by atoms with Crippen molar-refractivity contribution in [3.05, 3.63) is 63.8 Å². The van der Waals surface area contributed by atoms with Gasteiger partial charge < -0.3 is 9.80 Å². The van der Waals surface area contributed by atoms with Gasteiger partial charge in [0.2, 0.25) is 5.91 Å². The van der Waals surface area contributed by atoms with E-state index < -0.39 is 10.0 Å². The largest absolute Gasteiger partial charge is 0.355 e. The van der Waals surface area contributed by atoms with Gasteiger partial charge in [0.1, 0.15) is 4.90 Å². The highest BCUT2D eigenvalue weighted by Gasteiger charge is 2.36. The molecule has 1 aromatic carbocycles. The molecule has 0 aliphatic carbocycles. The van der Waals surface area contributed by atoms with E-state index in [1.165, 1.54) is 11.3 Å². The van der Waals surface area contributed by atoms with Gasteiger partial charge in [-0.05, 0) is 37.1 Å². The van der Waals surface area contributed by atoms with Crippen molar-refractivity contribution in [1.29, 1.82) is 0 Å². The maximum Gasteiger partial charge on any atom is 0.285 e. The number of likely N-dealkylation sites (tertiary alicyclic amines) is 1. The minimum atomic E-state index is -3.68. The standard InChI is InChI=1S/C21H22ClN3O3S2/c1-2-11-25(14-16-9-10-19(22)29-16)21(26)15-6-5-12-24(13-15)20-17-7-3-4-8-18(17)30(27,28)23-20/h2-4,7-10,15H,1,5-6,11-14H2. The number of piperidine rings is 1. The predicted molar refractivity (Wildman–Crippen MR) is 119 cm³/mol. The molecule has 4 rings (SSSR count). The number of carbonyl (C=O) groups is 1. The first-order valence-corrected chi connectivity index (χ1v) is 12.4. The summed E-state index contributed by atoms with van der Waals surface area (Å²) in [5.74, 6) is 0.259. The number of thiophene rings is 1. The van der Waals surface area contributed by atoms with Crippen LogP contribution in [0.5, 0.6) is 0 Å². The van der Waals surface area contributed by atoms with E-state index in [1.54, 1.807) is 35.2 Å². The van der Waals surface area contributed by atoms with Crippen LogP contribution in [0, 0.1) is 5.92 Å². The van der Waals surface area contributed by atoms with E-state index in [0.29, 0.717) is 41.9 Å². The zero-order valence-corrected chi connectivity index (χ0v) is 18.7. The van der Waals surface area contributed by atoms with Gasteiger partial charge >= 0.3 is 0 Å². The van der Waals surface area contributed by atoms with E-state index in [2.05, 4.69) is 11.0 Å². The van der Waals surface area contributed by atoms with E-state index in [0.717, 1.165) is 17.7 Å². The van der Waals surface area contributed by atoms with Crippen LogP contribution in [0.3, 0.4) is 0 Å². The quantitative estimate of drug-likeness (QED) is 0.633. The molecule has 2 aliphatic rings. The van der Waals surface area contributed by atoms with Gasteiger partial charge in [-0.1, -0.05) is 29.8 Å². The number of hydrogen-bond donors (Lipinski definition) is 0. The fraction of sp³-hybridized carbons (Fsp3) is 0.333. The van der Waals surface area contributed by atoms with Crippen molar-refractivity contribution in [2.75, 3.05) is 19.6 Å². The number of carbonyl (C=O) groups excluding carboxylic acids is 1. The van der Waals surface area contributed by atoms with Crippen molar-refractivity contribution in [2.45, 2.75) is 24.3 Å². The van der Waals surface area contributed by atoms with Gasteiger partial charge in [-0.2, -0.15) is 8.42 Å².